The Kier molecular flexibility index (Phi) is 6.17. The van der Waals surface area contributed by atoms with Gasteiger partial charge in [-0.2, -0.15) is 0 Å². The Morgan fingerprint density at radius 3 is 2.93 bits per heavy atom. The molecule has 1 rings (SSSR count). The van der Waals surface area contributed by atoms with Crippen LogP contribution in [-0.2, 0) is 0 Å². The smallest absolute Gasteiger partial charge is 0.188 e. The Morgan fingerprint density at radius 2 is 2.36 bits per heavy atom. The van der Waals surface area contributed by atoms with Crippen molar-refractivity contribution in [1.29, 1.82) is 0 Å². The van der Waals surface area contributed by atoms with Crippen molar-refractivity contribution in [3.05, 3.63) is 6.07 Å². The van der Waals surface area contributed by atoms with Crippen LogP contribution in [0.2, 0.25) is 0 Å². The maximum Gasteiger partial charge on any atom is 0.188 e. The first-order valence-electron chi connectivity index (χ1n) is 4.22. The first kappa shape index (κ1) is 12.6. The van der Waals surface area contributed by atoms with Crippen molar-refractivity contribution < 1.29 is 4.74 Å². The summed E-state index contributed by atoms with van der Waals surface area (Å²) in [6.07, 6.45) is 3.12. The monoisotopic (exact) mass is 268 g/mol. The summed E-state index contributed by atoms with van der Waals surface area (Å²) in [6, 6.07) is 2.19. The van der Waals surface area contributed by atoms with E-state index in [0.717, 1.165) is 23.1 Å². The number of halogens is 1. The highest BCUT2D eigenvalue weighted by atomic mass is 35.5. The van der Waals surface area contributed by atoms with E-state index in [1.165, 1.54) is 9.10 Å². The molecule has 0 saturated heterocycles. The van der Waals surface area contributed by atoms with E-state index < -0.39 is 0 Å². The minimum atomic E-state index is 0.731. The lowest BCUT2D eigenvalue weighted by Gasteiger charge is -2.00. The number of alkyl halides is 1. The van der Waals surface area contributed by atoms with E-state index in [1.807, 2.05) is 11.8 Å². The number of ether oxygens (including phenoxy) is 1. The van der Waals surface area contributed by atoms with Gasteiger partial charge in [-0.15, -0.1) is 35.1 Å². The van der Waals surface area contributed by atoms with Crippen molar-refractivity contribution in [2.24, 2.45) is 0 Å². The minimum absolute atomic E-state index is 0.731. The maximum absolute atomic E-state index is 5.63. The summed E-state index contributed by atoms with van der Waals surface area (Å²) in [5, 5.41) is 1.02. The SMILES string of the molecule is COc1sc(SC)cc1SCCCCl. The number of thioether (sulfide) groups is 2. The highest BCUT2D eigenvalue weighted by Gasteiger charge is 2.08. The van der Waals surface area contributed by atoms with Gasteiger partial charge in [-0.05, 0) is 24.5 Å². The zero-order chi connectivity index (χ0) is 10.4. The first-order valence-corrected chi connectivity index (χ1v) is 7.78. The molecule has 0 atom stereocenters. The summed E-state index contributed by atoms with van der Waals surface area (Å²) >= 11 is 10.9. The fraction of sp³-hybridized carbons (Fsp3) is 0.556. The van der Waals surface area contributed by atoms with Crippen molar-refractivity contribution in [3.8, 4) is 5.06 Å². The van der Waals surface area contributed by atoms with Crippen LogP contribution in [-0.4, -0.2) is 25.0 Å². The topological polar surface area (TPSA) is 9.23 Å². The number of rotatable bonds is 6. The Morgan fingerprint density at radius 1 is 1.57 bits per heavy atom. The van der Waals surface area contributed by atoms with Gasteiger partial charge in [-0.1, -0.05) is 11.3 Å². The van der Waals surface area contributed by atoms with E-state index in [2.05, 4.69) is 12.3 Å². The highest BCUT2D eigenvalue weighted by molar-refractivity contribution is 8.01. The second kappa shape index (κ2) is 6.88. The standard InChI is InChI=1S/C9H13ClOS3/c1-11-9-7(13-5-3-4-10)6-8(12-2)14-9/h6H,3-5H2,1-2H3. The molecule has 0 radical (unpaired) electrons. The second-order valence-electron chi connectivity index (χ2n) is 2.52. The molecule has 14 heavy (non-hydrogen) atoms. The number of hydrogen-bond donors (Lipinski definition) is 0. The Balaban J connectivity index is 2.59. The molecule has 0 aliphatic carbocycles. The summed E-state index contributed by atoms with van der Waals surface area (Å²) in [5.74, 6) is 1.79. The minimum Gasteiger partial charge on any atom is -0.486 e. The van der Waals surface area contributed by atoms with E-state index in [1.54, 1.807) is 30.2 Å². The lowest BCUT2D eigenvalue weighted by atomic mass is 10.6. The Hall–Kier alpha value is 0.490. The van der Waals surface area contributed by atoms with Gasteiger partial charge in [0.1, 0.15) is 0 Å². The van der Waals surface area contributed by atoms with Crippen LogP contribution in [0.4, 0.5) is 0 Å². The van der Waals surface area contributed by atoms with Crippen molar-refractivity contribution in [1.82, 2.24) is 0 Å². The van der Waals surface area contributed by atoms with Crippen LogP contribution in [0.5, 0.6) is 5.06 Å². The Labute approximate surface area is 103 Å². The van der Waals surface area contributed by atoms with Gasteiger partial charge in [0.15, 0.2) is 5.06 Å². The molecule has 0 aromatic carbocycles. The highest BCUT2D eigenvalue weighted by Crippen LogP contribution is 2.41. The molecule has 0 fully saturated rings. The van der Waals surface area contributed by atoms with Gasteiger partial charge in [-0.25, -0.2) is 0 Å². The molecule has 1 nitrogen and oxygen atoms in total. The van der Waals surface area contributed by atoms with E-state index in [-0.39, 0.29) is 0 Å². The van der Waals surface area contributed by atoms with Crippen LogP contribution in [0.15, 0.2) is 15.2 Å². The zero-order valence-electron chi connectivity index (χ0n) is 8.21. The Bertz CT molecular complexity index is 275. The molecule has 80 valence electrons. The van der Waals surface area contributed by atoms with Crippen molar-refractivity contribution in [2.45, 2.75) is 15.5 Å². The fourth-order valence-corrected chi connectivity index (χ4v) is 3.97. The third-order valence-electron chi connectivity index (χ3n) is 1.57. The van der Waals surface area contributed by atoms with Gasteiger partial charge in [0.25, 0.3) is 0 Å². The molecule has 0 aliphatic heterocycles. The van der Waals surface area contributed by atoms with Crippen LogP contribution in [0.3, 0.4) is 0 Å². The molecular formula is C9H13ClOS3. The molecule has 0 saturated carbocycles. The van der Waals surface area contributed by atoms with Crippen LogP contribution in [0.25, 0.3) is 0 Å². The second-order valence-corrected chi connectivity index (χ2v) is 6.15. The van der Waals surface area contributed by atoms with E-state index in [9.17, 15) is 0 Å². The summed E-state index contributed by atoms with van der Waals surface area (Å²) in [6.45, 7) is 0. The van der Waals surface area contributed by atoms with Crippen molar-refractivity contribution in [3.63, 3.8) is 0 Å². The summed E-state index contributed by atoms with van der Waals surface area (Å²) in [5.41, 5.74) is 0. The molecule has 0 aliphatic rings. The number of methoxy groups -OCH3 is 1. The van der Waals surface area contributed by atoms with Crippen molar-refractivity contribution >= 4 is 46.5 Å². The third kappa shape index (κ3) is 3.57. The molecule has 1 aromatic rings. The van der Waals surface area contributed by atoms with Gasteiger partial charge in [0.2, 0.25) is 0 Å². The summed E-state index contributed by atoms with van der Waals surface area (Å²) in [4.78, 5) is 1.24. The predicted molar refractivity (Wildman–Crippen MR) is 68.7 cm³/mol. The molecule has 0 spiro atoms. The average Bonchev–Trinajstić information content (AvgIpc) is 2.61. The first-order chi connectivity index (χ1) is 6.81. The van der Waals surface area contributed by atoms with Crippen LogP contribution in [0.1, 0.15) is 6.42 Å². The van der Waals surface area contributed by atoms with Crippen LogP contribution < -0.4 is 4.74 Å². The van der Waals surface area contributed by atoms with Gasteiger partial charge < -0.3 is 4.74 Å². The molecule has 5 heteroatoms. The summed E-state index contributed by atoms with van der Waals surface area (Å²) < 4.78 is 6.61. The maximum atomic E-state index is 5.63. The van der Waals surface area contributed by atoms with Crippen molar-refractivity contribution in [2.75, 3.05) is 25.0 Å². The molecule has 0 bridgehead atoms. The predicted octanol–water partition coefficient (Wildman–Crippen LogP) is 4.20. The van der Waals surface area contributed by atoms with E-state index in [4.69, 9.17) is 16.3 Å². The molecule has 0 N–H and O–H groups in total. The number of hydrogen-bond acceptors (Lipinski definition) is 4. The normalized spacial score (nSPS) is 10.5. The quantitative estimate of drug-likeness (QED) is 0.435. The lowest BCUT2D eigenvalue weighted by Crippen LogP contribution is -1.82. The van der Waals surface area contributed by atoms with Gasteiger partial charge in [0, 0.05) is 5.88 Å². The van der Waals surface area contributed by atoms with Crippen LogP contribution in [0, 0.1) is 0 Å². The van der Waals surface area contributed by atoms with Gasteiger partial charge >= 0.3 is 0 Å². The van der Waals surface area contributed by atoms with E-state index in [0.29, 0.717) is 0 Å². The summed E-state index contributed by atoms with van der Waals surface area (Å²) in [7, 11) is 1.72. The third-order valence-corrected chi connectivity index (χ3v) is 5.23. The fourth-order valence-electron chi connectivity index (χ4n) is 0.917. The lowest BCUT2D eigenvalue weighted by molar-refractivity contribution is 0.418. The molecular weight excluding hydrogens is 256 g/mol. The molecule has 0 amide bonds. The largest absolute Gasteiger partial charge is 0.486 e. The molecule has 0 unspecified atom stereocenters. The average molecular weight is 269 g/mol. The van der Waals surface area contributed by atoms with Crippen LogP contribution >= 0.6 is 46.5 Å². The number of thiophene rings is 1. The van der Waals surface area contributed by atoms with E-state index >= 15 is 0 Å². The molecule has 1 aromatic heterocycles. The van der Waals surface area contributed by atoms with Gasteiger partial charge in [0.05, 0.1) is 16.2 Å². The van der Waals surface area contributed by atoms with Gasteiger partial charge in [-0.3, -0.25) is 0 Å². The molecule has 1 heterocycles. The zero-order valence-corrected chi connectivity index (χ0v) is 11.4.